The summed E-state index contributed by atoms with van der Waals surface area (Å²) in [6.45, 7) is -1.34. The molecule has 0 bridgehead atoms. The molecule has 9 heteroatoms. The zero-order valence-electron chi connectivity index (χ0n) is 10.4. The Morgan fingerprint density at radius 2 is 2.10 bits per heavy atom. The number of rotatable bonds is 2. The first-order valence-corrected chi connectivity index (χ1v) is 6.57. The number of nitrogens with zero attached hydrogens (tertiary/aromatic N) is 1. The van der Waals surface area contributed by atoms with Crippen molar-refractivity contribution >= 4 is 22.0 Å². The number of hydrogen-bond donors (Lipinski definition) is 1. The quantitative estimate of drug-likeness (QED) is 0.808. The Morgan fingerprint density at radius 3 is 2.67 bits per heavy atom. The van der Waals surface area contributed by atoms with Crippen LogP contribution in [0.25, 0.3) is 0 Å². The lowest BCUT2D eigenvalue weighted by Crippen LogP contribution is -2.48. The molecule has 0 spiro atoms. The number of ether oxygens (including phenoxy) is 1. The lowest BCUT2D eigenvalue weighted by atomic mass is 9.85. The molecule has 21 heavy (non-hydrogen) atoms. The number of nitrogens with two attached hydrogens (primary N) is 1. The summed E-state index contributed by atoms with van der Waals surface area (Å²) in [5, 5.41) is 0. The highest BCUT2D eigenvalue weighted by Gasteiger charge is 2.52. The Bertz CT molecular complexity index is 577. The van der Waals surface area contributed by atoms with Crippen LogP contribution in [0, 0.1) is 5.82 Å². The van der Waals surface area contributed by atoms with Gasteiger partial charge < -0.3 is 10.5 Å². The largest absolute Gasteiger partial charge is 0.452 e. The second-order valence-corrected chi connectivity index (χ2v) is 5.51. The van der Waals surface area contributed by atoms with Crippen molar-refractivity contribution in [2.75, 3.05) is 6.67 Å². The minimum absolute atomic E-state index is 0.306. The topological polar surface area (TPSA) is 47.6 Å². The molecule has 1 aliphatic heterocycles. The highest BCUT2D eigenvalue weighted by atomic mass is 79.9. The van der Waals surface area contributed by atoms with Crippen molar-refractivity contribution in [1.29, 1.82) is 0 Å². The van der Waals surface area contributed by atoms with Crippen molar-refractivity contribution in [1.82, 2.24) is 0 Å². The fourth-order valence-corrected chi connectivity index (χ4v) is 2.50. The molecule has 1 aromatic carbocycles. The summed E-state index contributed by atoms with van der Waals surface area (Å²) in [7, 11) is 0. The van der Waals surface area contributed by atoms with Crippen LogP contribution in [0.1, 0.15) is 12.0 Å². The third-order valence-electron chi connectivity index (χ3n) is 3.13. The van der Waals surface area contributed by atoms with Crippen LogP contribution in [-0.2, 0) is 10.3 Å². The number of benzene rings is 1. The first-order chi connectivity index (χ1) is 9.68. The fourth-order valence-electron chi connectivity index (χ4n) is 2.14. The van der Waals surface area contributed by atoms with E-state index in [-0.39, 0.29) is 5.56 Å². The van der Waals surface area contributed by atoms with Gasteiger partial charge in [-0.3, -0.25) is 0 Å². The van der Waals surface area contributed by atoms with Crippen molar-refractivity contribution in [3.8, 4) is 0 Å². The van der Waals surface area contributed by atoms with Gasteiger partial charge in [-0.1, -0.05) is 15.9 Å². The molecule has 1 aromatic rings. The minimum atomic E-state index is -4.76. The van der Waals surface area contributed by atoms with E-state index in [0.29, 0.717) is 4.47 Å². The number of aliphatic imine (C=N–C) groups is 1. The maximum atomic E-state index is 13.9. The predicted molar refractivity (Wildman–Crippen MR) is 68.9 cm³/mol. The van der Waals surface area contributed by atoms with Crippen LogP contribution in [0.4, 0.5) is 22.0 Å². The summed E-state index contributed by atoms with van der Waals surface area (Å²) in [6.07, 6.45) is -7.99. The predicted octanol–water partition coefficient (Wildman–Crippen LogP) is 3.42. The second-order valence-electron chi connectivity index (χ2n) is 4.59. The SMILES string of the molecule is NC1=N[C@](CF)(c2cc(Br)ccc2F)C[C@@H](C(F)(F)F)O1. The molecular formula is C12H10BrF5N2O. The van der Waals surface area contributed by atoms with E-state index in [1.54, 1.807) is 0 Å². The maximum absolute atomic E-state index is 13.9. The summed E-state index contributed by atoms with van der Waals surface area (Å²) < 4.78 is 70.7. The standard InChI is InChI=1S/C12H10BrF5N2O/c13-6-1-2-8(15)7(3-6)11(5-14)4-9(12(16,17)18)21-10(19)20-11/h1-3,9H,4-5H2,(H2,19,20)/t9-,11+/m0/s1. The molecule has 116 valence electrons. The lowest BCUT2D eigenvalue weighted by Gasteiger charge is -2.36. The zero-order valence-corrected chi connectivity index (χ0v) is 12.0. The van der Waals surface area contributed by atoms with E-state index in [2.05, 4.69) is 25.7 Å². The van der Waals surface area contributed by atoms with Gasteiger partial charge in [-0.25, -0.2) is 13.8 Å². The molecule has 0 aliphatic carbocycles. The second kappa shape index (κ2) is 5.43. The van der Waals surface area contributed by atoms with Crippen LogP contribution in [0.2, 0.25) is 0 Å². The van der Waals surface area contributed by atoms with E-state index < -0.39 is 42.8 Å². The molecule has 1 heterocycles. The summed E-state index contributed by atoms with van der Waals surface area (Å²) in [5.41, 5.74) is 2.86. The molecular weight excluding hydrogens is 363 g/mol. The molecule has 2 atom stereocenters. The third-order valence-corrected chi connectivity index (χ3v) is 3.62. The van der Waals surface area contributed by atoms with Crippen molar-refractivity contribution in [2.24, 2.45) is 10.7 Å². The van der Waals surface area contributed by atoms with Crippen LogP contribution >= 0.6 is 15.9 Å². The zero-order chi connectivity index (χ0) is 15.8. The van der Waals surface area contributed by atoms with Gasteiger partial charge in [0.05, 0.1) is 0 Å². The van der Waals surface area contributed by atoms with Crippen LogP contribution in [0.5, 0.6) is 0 Å². The summed E-state index contributed by atoms with van der Waals surface area (Å²) >= 11 is 3.06. The lowest BCUT2D eigenvalue weighted by molar-refractivity contribution is -0.209. The van der Waals surface area contributed by atoms with Gasteiger partial charge in [0.2, 0.25) is 0 Å². The molecule has 2 N–H and O–H groups in total. The van der Waals surface area contributed by atoms with E-state index in [4.69, 9.17) is 5.73 Å². The summed E-state index contributed by atoms with van der Waals surface area (Å²) in [4.78, 5) is 3.60. The van der Waals surface area contributed by atoms with E-state index in [1.165, 1.54) is 12.1 Å². The highest BCUT2D eigenvalue weighted by molar-refractivity contribution is 9.10. The number of alkyl halides is 4. The molecule has 0 unspecified atom stereocenters. The summed E-state index contributed by atoms with van der Waals surface area (Å²) in [6, 6.07) is 2.73. The molecule has 1 aliphatic rings. The Kier molecular flexibility index (Phi) is 4.14. The van der Waals surface area contributed by atoms with Gasteiger partial charge in [0, 0.05) is 16.5 Å². The Balaban J connectivity index is 2.54. The van der Waals surface area contributed by atoms with Crippen molar-refractivity contribution in [2.45, 2.75) is 24.2 Å². The first-order valence-electron chi connectivity index (χ1n) is 5.78. The van der Waals surface area contributed by atoms with E-state index in [1.807, 2.05) is 0 Å². The Hall–Kier alpha value is -1.38. The number of halogens is 6. The minimum Gasteiger partial charge on any atom is -0.452 e. The summed E-state index contributed by atoms with van der Waals surface area (Å²) in [5.74, 6) is -0.866. The van der Waals surface area contributed by atoms with Gasteiger partial charge in [0.15, 0.2) is 6.10 Å². The van der Waals surface area contributed by atoms with Gasteiger partial charge in [-0.15, -0.1) is 0 Å². The first kappa shape index (κ1) is 16.0. The molecule has 3 nitrogen and oxygen atoms in total. The van der Waals surface area contributed by atoms with Crippen LogP contribution < -0.4 is 5.73 Å². The molecule has 0 radical (unpaired) electrons. The van der Waals surface area contributed by atoms with Crippen molar-refractivity contribution in [3.63, 3.8) is 0 Å². The molecule has 0 saturated heterocycles. The van der Waals surface area contributed by atoms with E-state index >= 15 is 0 Å². The van der Waals surface area contributed by atoms with E-state index in [0.717, 1.165) is 6.07 Å². The maximum Gasteiger partial charge on any atom is 0.425 e. The molecule has 0 aromatic heterocycles. The van der Waals surface area contributed by atoms with Crippen LogP contribution in [-0.4, -0.2) is 25.0 Å². The highest BCUT2D eigenvalue weighted by Crippen LogP contribution is 2.41. The fraction of sp³-hybridized carbons (Fsp3) is 0.417. The van der Waals surface area contributed by atoms with Crippen molar-refractivity contribution < 1.29 is 26.7 Å². The van der Waals surface area contributed by atoms with Gasteiger partial charge in [0.1, 0.15) is 18.0 Å². The average molecular weight is 373 g/mol. The van der Waals surface area contributed by atoms with Gasteiger partial charge in [0.25, 0.3) is 6.02 Å². The smallest absolute Gasteiger partial charge is 0.425 e. The third kappa shape index (κ3) is 3.12. The average Bonchev–Trinajstić information content (AvgIpc) is 2.39. The molecule has 0 amide bonds. The Morgan fingerprint density at radius 1 is 1.43 bits per heavy atom. The van der Waals surface area contributed by atoms with Gasteiger partial charge >= 0.3 is 6.18 Å². The number of hydrogen-bond acceptors (Lipinski definition) is 3. The van der Waals surface area contributed by atoms with E-state index in [9.17, 15) is 22.0 Å². The van der Waals surface area contributed by atoms with Crippen molar-refractivity contribution in [3.05, 3.63) is 34.1 Å². The molecule has 2 rings (SSSR count). The normalized spacial score (nSPS) is 26.2. The molecule has 0 saturated carbocycles. The monoisotopic (exact) mass is 372 g/mol. The Labute approximate surface area is 125 Å². The van der Waals surface area contributed by atoms with Crippen LogP contribution in [0.15, 0.2) is 27.7 Å². The van der Waals surface area contributed by atoms with Crippen LogP contribution in [0.3, 0.4) is 0 Å². The molecule has 0 fully saturated rings. The van der Waals surface area contributed by atoms with Gasteiger partial charge in [-0.2, -0.15) is 13.2 Å². The van der Waals surface area contributed by atoms with Gasteiger partial charge in [-0.05, 0) is 18.2 Å². The number of amidine groups is 1.